The Labute approximate surface area is 160 Å². The highest BCUT2D eigenvalue weighted by molar-refractivity contribution is 8.26. The van der Waals surface area contributed by atoms with Crippen molar-refractivity contribution < 1.29 is 9.90 Å². The van der Waals surface area contributed by atoms with Gasteiger partial charge in [0.25, 0.3) is 5.91 Å². The summed E-state index contributed by atoms with van der Waals surface area (Å²) in [5.74, 6) is -0.195. The van der Waals surface area contributed by atoms with E-state index in [1.54, 1.807) is 18.2 Å². The standard InChI is InChI=1S/C19H17N5O2S/c1-10-8-13(11(2)23(10)14-4-6-15(25)7-5-14)9-16-17(20)24-19(21-18(16)26)27-12(3)22-24/h4-9,20,25H,1-3H3. The van der Waals surface area contributed by atoms with E-state index >= 15 is 0 Å². The fourth-order valence-electron chi connectivity index (χ4n) is 3.18. The normalized spacial score (nSPS) is 18.0. The molecule has 0 fully saturated rings. The fraction of sp³-hybridized carbons (Fsp3) is 0.158. The van der Waals surface area contributed by atoms with E-state index in [2.05, 4.69) is 10.1 Å². The number of nitrogens with one attached hydrogen (secondary N) is 1. The number of amides is 1. The number of carbonyl (C=O) groups excluding carboxylic acids is 1. The van der Waals surface area contributed by atoms with Gasteiger partial charge in [0.05, 0.1) is 10.6 Å². The number of fused-ring (bicyclic) bond motifs is 1. The number of nitrogens with zero attached hydrogens (tertiary/aromatic N) is 4. The van der Waals surface area contributed by atoms with Crippen LogP contribution >= 0.6 is 11.8 Å². The molecular weight excluding hydrogens is 362 g/mol. The molecule has 1 aromatic heterocycles. The average Bonchev–Trinajstić information content (AvgIpc) is 3.12. The summed E-state index contributed by atoms with van der Waals surface area (Å²) in [6, 6.07) is 8.88. The predicted octanol–water partition coefficient (Wildman–Crippen LogP) is 3.44. The van der Waals surface area contributed by atoms with Crippen molar-refractivity contribution in [1.82, 2.24) is 9.58 Å². The van der Waals surface area contributed by atoms with Gasteiger partial charge in [0.15, 0.2) is 5.84 Å². The molecule has 3 heterocycles. The lowest BCUT2D eigenvalue weighted by atomic mass is 10.1. The van der Waals surface area contributed by atoms with E-state index in [0.717, 1.165) is 27.7 Å². The fourth-order valence-corrected chi connectivity index (χ4v) is 3.91. The van der Waals surface area contributed by atoms with Gasteiger partial charge in [-0.2, -0.15) is 15.1 Å². The van der Waals surface area contributed by atoms with E-state index in [4.69, 9.17) is 5.41 Å². The molecule has 1 aromatic carbocycles. The highest BCUT2D eigenvalue weighted by atomic mass is 32.2. The predicted molar refractivity (Wildman–Crippen MR) is 108 cm³/mol. The minimum atomic E-state index is -0.432. The first-order valence-corrected chi connectivity index (χ1v) is 9.12. The Bertz CT molecular complexity index is 1080. The molecule has 1 amide bonds. The Kier molecular flexibility index (Phi) is 4.00. The molecule has 0 aliphatic carbocycles. The summed E-state index contributed by atoms with van der Waals surface area (Å²) in [5, 5.41) is 24.7. The number of aromatic hydroxyl groups is 1. The maximum Gasteiger partial charge on any atom is 0.283 e. The van der Waals surface area contributed by atoms with Crippen LogP contribution < -0.4 is 0 Å². The Morgan fingerprint density at radius 3 is 2.59 bits per heavy atom. The lowest BCUT2D eigenvalue weighted by Gasteiger charge is -2.20. The molecular formula is C19H17N5O2S. The molecule has 27 heavy (non-hydrogen) atoms. The van der Waals surface area contributed by atoms with Crippen LogP contribution in [0.15, 0.2) is 46.0 Å². The molecule has 2 aliphatic rings. The molecule has 2 aromatic rings. The van der Waals surface area contributed by atoms with Gasteiger partial charge in [0.1, 0.15) is 5.75 Å². The zero-order valence-corrected chi connectivity index (χ0v) is 15.8. The first kappa shape index (κ1) is 17.3. The zero-order chi connectivity index (χ0) is 19.3. The summed E-state index contributed by atoms with van der Waals surface area (Å²) < 4.78 is 2.03. The Hall–Kier alpha value is -3.13. The Balaban J connectivity index is 1.77. The van der Waals surface area contributed by atoms with Gasteiger partial charge in [-0.25, -0.2) is 0 Å². The van der Waals surface area contributed by atoms with E-state index in [1.807, 2.05) is 43.5 Å². The summed E-state index contributed by atoms with van der Waals surface area (Å²) in [6.45, 7) is 5.74. The molecule has 0 bridgehead atoms. The topological polar surface area (TPSA) is 94.0 Å². The number of benzene rings is 1. The summed E-state index contributed by atoms with van der Waals surface area (Å²) in [7, 11) is 0. The third-order valence-electron chi connectivity index (χ3n) is 4.43. The largest absolute Gasteiger partial charge is 0.508 e. The van der Waals surface area contributed by atoms with E-state index in [0.29, 0.717) is 5.17 Å². The smallest absolute Gasteiger partial charge is 0.283 e. The SMILES string of the molecule is CC1=NN2C(=N)C(=Cc3cc(C)n(-c4ccc(O)cc4)c3C)C(=O)N=C2S1. The van der Waals surface area contributed by atoms with Crippen LogP contribution in [0, 0.1) is 19.3 Å². The number of amidine groups is 2. The van der Waals surface area contributed by atoms with Gasteiger partial charge >= 0.3 is 0 Å². The second-order valence-corrected chi connectivity index (χ2v) is 7.48. The van der Waals surface area contributed by atoms with Gasteiger partial charge in [-0.15, -0.1) is 0 Å². The highest BCUT2D eigenvalue weighted by Crippen LogP contribution is 2.29. The number of hydrogen-bond acceptors (Lipinski definition) is 5. The number of carbonyl (C=O) groups is 1. The maximum atomic E-state index is 12.4. The van der Waals surface area contributed by atoms with Crippen molar-refractivity contribution in [1.29, 1.82) is 5.41 Å². The van der Waals surface area contributed by atoms with Crippen molar-refractivity contribution in [3.63, 3.8) is 0 Å². The van der Waals surface area contributed by atoms with E-state index < -0.39 is 5.91 Å². The van der Waals surface area contributed by atoms with E-state index in [1.165, 1.54) is 16.8 Å². The van der Waals surface area contributed by atoms with Crippen LogP contribution in [0.3, 0.4) is 0 Å². The number of thioether (sulfide) groups is 1. The summed E-state index contributed by atoms with van der Waals surface area (Å²) >= 11 is 1.29. The average molecular weight is 379 g/mol. The molecule has 0 radical (unpaired) electrons. The van der Waals surface area contributed by atoms with Crippen molar-refractivity contribution in [2.24, 2.45) is 10.1 Å². The van der Waals surface area contributed by atoms with Gasteiger partial charge in [-0.3, -0.25) is 10.2 Å². The third kappa shape index (κ3) is 2.87. The van der Waals surface area contributed by atoms with Gasteiger partial charge in [0, 0.05) is 17.1 Å². The molecule has 8 heteroatoms. The highest BCUT2D eigenvalue weighted by Gasteiger charge is 2.34. The quantitative estimate of drug-likeness (QED) is 0.782. The molecule has 0 unspecified atom stereocenters. The number of hydrogen-bond donors (Lipinski definition) is 2. The molecule has 2 aliphatic heterocycles. The molecule has 4 rings (SSSR count). The number of aryl methyl sites for hydroxylation is 1. The van der Waals surface area contributed by atoms with Gasteiger partial charge in [-0.1, -0.05) is 0 Å². The number of aliphatic imine (C=N–C) groups is 1. The van der Waals surface area contributed by atoms with Crippen molar-refractivity contribution in [2.75, 3.05) is 0 Å². The third-order valence-corrected chi connectivity index (χ3v) is 5.26. The summed E-state index contributed by atoms with van der Waals surface area (Å²) in [5.41, 5.74) is 3.86. The van der Waals surface area contributed by atoms with Crippen molar-refractivity contribution in [3.05, 3.63) is 52.9 Å². The van der Waals surface area contributed by atoms with Gasteiger partial charge in [-0.05, 0) is 74.5 Å². The van der Waals surface area contributed by atoms with Crippen molar-refractivity contribution in [3.8, 4) is 11.4 Å². The second kappa shape index (κ2) is 6.24. The summed E-state index contributed by atoms with van der Waals surface area (Å²) in [4.78, 5) is 16.5. The first-order valence-electron chi connectivity index (χ1n) is 8.30. The number of aromatic nitrogens is 1. The molecule has 7 nitrogen and oxygen atoms in total. The molecule has 0 saturated heterocycles. The number of phenols is 1. The van der Waals surface area contributed by atoms with E-state index in [-0.39, 0.29) is 17.2 Å². The molecule has 0 spiro atoms. The van der Waals surface area contributed by atoms with Gasteiger partial charge < -0.3 is 9.67 Å². The first-order chi connectivity index (χ1) is 12.8. The van der Waals surface area contributed by atoms with Crippen LogP contribution in [0.5, 0.6) is 5.75 Å². The monoisotopic (exact) mass is 379 g/mol. The lowest BCUT2D eigenvalue weighted by Crippen LogP contribution is -2.35. The molecule has 136 valence electrons. The Morgan fingerprint density at radius 2 is 1.89 bits per heavy atom. The maximum absolute atomic E-state index is 12.4. The molecule has 0 saturated carbocycles. The molecule has 2 N–H and O–H groups in total. The van der Waals surface area contributed by atoms with Crippen LogP contribution in [0.1, 0.15) is 23.9 Å². The molecule has 0 atom stereocenters. The lowest BCUT2D eigenvalue weighted by molar-refractivity contribution is -0.114. The van der Waals surface area contributed by atoms with Crippen LogP contribution in [0.4, 0.5) is 0 Å². The Morgan fingerprint density at radius 1 is 1.19 bits per heavy atom. The van der Waals surface area contributed by atoms with Crippen molar-refractivity contribution in [2.45, 2.75) is 20.8 Å². The van der Waals surface area contributed by atoms with Gasteiger partial charge in [0.2, 0.25) is 5.17 Å². The number of phenolic OH excluding ortho intramolecular Hbond substituents is 1. The summed E-state index contributed by atoms with van der Waals surface area (Å²) in [6.07, 6.45) is 1.69. The zero-order valence-electron chi connectivity index (χ0n) is 15.0. The second-order valence-electron chi connectivity index (χ2n) is 6.32. The number of rotatable bonds is 2. The van der Waals surface area contributed by atoms with Crippen LogP contribution in [-0.2, 0) is 4.79 Å². The minimum absolute atomic E-state index is 0.0313. The van der Waals surface area contributed by atoms with Crippen LogP contribution in [-0.4, -0.2) is 36.6 Å². The van der Waals surface area contributed by atoms with Crippen molar-refractivity contribution >= 4 is 39.8 Å². The minimum Gasteiger partial charge on any atom is -0.508 e. The van der Waals surface area contributed by atoms with Crippen LogP contribution in [0.25, 0.3) is 11.8 Å². The van der Waals surface area contributed by atoms with Crippen LogP contribution in [0.2, 0.25) is 0 Å². The van der Waals surface area contributed by atoms with E-state index in [9.17, 15) is 9.90 Å². The number of hydrazone groups is 1.